The van der Waals surface area contributed by atoms with Crippen LogP contribution in [0, 0.1) is 12.8 Å². The van der Waals surface area contributed by atoms with Crippen LogP contribution in [0.4, 0.5) is 0 Å². The Kier molecular flexibility index (Phi) is 4.89. The fourth-order valence-electron chi connectivity index (χ4n) is 3.51. The molecule has 1 N–H and O–H groups in total. The monoisotopic (exact) mass is 304 g/mol. The highest BCUT2D eigenvalue weighted by Crippen LogP contribution is 2.45. The summed E-state index contributed by atoms with van der Waals surface area (Å²) < 4.78 is 11.4. The van der Waals surface area contributed by atoms with Gasteiger partial charge in [-0.1, -0.05) is 12.8 Å². The topological polar surface area (TPSA) is 33.7 Å². The summed E-state index contributed by atoms with van der Waals surface area (Å²) in [5, 5.41) is 3.45. The first kappa shape index (κ1) is 15.6. The van der Waals surface area contributed by atoms with Gasteiger partial charge in [0.15, 0.2) is 0 Å². The summed E-state index contributed by atoms with van der Waals surface area (Å²) in [5.41, 5.74) is 2.42. The molecule has 4 nitrogen and oxygen atoms in total. The van der Waals surface area contributed by atoms with E-state index < -0.39 is 0 Å². The summed E-state index contributed by atoms with van der Waals surface area (Å²) in [6.07, 6.45) is 3.97. The van der Waals surface area contributed by atoms with Gasteiger partial charge in [-0.3, -0.25) is 4.90 Å². The quantitative estimate of drug-likeness (QED) is 0.876. The molecule has 0 unspecified atom stereocenters. The molecular formula is C18H28N2O2. The van der Waals surface area contributed by atoms with Crippen LogP contribution in [0.15, 0.2) is 12.1 Å². The van der Waals surface area contributed by atoms with Crippen molar-refractivity contribution in [2.75, 3.05) is 40.4 Å². The number of hydrogen-bond acceptors (Lipinski definition) is 4. The van der Waals surface area contributed by atoms with Crippen molar-refractivity contribution in [3.63, 3.8) is 0 Å². The highest BCUT2D eigenvalue weighted by molar-refractivity contribution is 5.50. The van der Waals surface area contributed by atoms with Gasteiger partial charge in [-0.05, 0) is 37.0 Å². The Morgan fingerprint density at radius 3 is 2.23 bits per heavy atom. The Hall–Kier alpha value is -1.26. The lowest BCUT2D eigenvalue weighted by molar-refractivity contribution is 0.155. The highest BCUT2D eigenvalue weighted by atomic mass is 16.5. The number of benzene rings is 1. The van der Waals surface area contributed by atoms with Crippen molar-refractivity contribution >= 4 is 0 Å². The minimum Gasteiger partial charge on any atom is -0.496 e. The standard InChI is InChI=1S/C18H28N2O2/c1-13-10-16(21-2)18(17(11-13)22-3)15(12-14-4-5-14)20-8-6-19-7-9-20/h10-11,14-15,19H,4-9,12H2,1-3H3/t15-/m0/s1. The zero-order valence-corrected chi connectivity index (χ0v) is 14.0. The third-order valence-electron chi connectivity index (χ3n) is 4.87. The first-order valence-electron chi connectivity index (χ1n) is 8.40. The molecule has 2 aliphatic rings. The molecule has 1 atom stereocenters. The van der Waals surface area contributed by atoms with Crippen LogP contribution in [0.25, 0.3) is 0 Å². The van der Waals surface area contributed by atoms with E-state index in [1.165, 1.54) is 30.4 Å². The maximum atomic E-state index is 5.72. The molecular weight excluding hydrogens is 276 g/mol. The molecule has 0 aromatic heterocycles. The van der Waals surface area contributed by atoms with E-state index >= 15 is 0 Å². The molecule has 4 heteroatoms. The molecule has 122 valence electrons. The minimum absolute atomic E-state index is 0.403. The van der Waals surface area contributed by atoms with Gasteiger partial charge in [-0.15, -0.1) is 0 Å². The molecule has 1 saturated heterocycles. The molecule has 0 amide bonds. The summed E-state index contributed by atoms with van der Waals surface area (Å²) >= 11 is 0. The molecule has 1 aliphatic heterocycles. The Bertz CT molecular complexity index is 483. The maximum Gasteiger partial charge on any atom is 0.127 e. The Balaban J connectivity index is 1.97. The van der Waals surface area contributed by atoms with Crippen LogP contribution in [0.5, 0.6) is 11.5 Å². The largest absolute Gasteiger partial charge is 0.496 e. The van der Waals surface area contributed by atoms with Gasteiger partial charge in [0.05, 0.1) is 19.8 Å². The normalized spacial score (nSPS) is 20.7. The summed E-state index contributed by atoms with van der Waals surface area (Å²) in [6, 6.07) is 4.68. The van der Waals surface area contributed by atoms with Gasteiger partial charge in [0, 0.05) is 32.2 Å². The Morgan fingerprint density at radius 2 is 1.73 bits per heavy atom. The zero-order chi connectivity index (χ0) is 15.5. The molecule has 0 radical (unpaired) electrons. The molecule has 22 heavy (non-hydrogen) atoms. The summed E-state index contributed by atoms with van der Waals surface area (Å²) in [6.45, 7) is 6.42. The number of rotatable bonds is 6. The van der Waals surface area contributed by atoms with E-state index in [1.54, 1.807) is 14.2 Å². The van der Waals surface area contributed by atoms with Crippen LogP contribution in [0.2, 0.25) is 0 Å². The van der Waals surface area contributed by atoms with E-state index in [0.29, 0.717) is 6.04 Å². The fourth-order valence-corrected chi connectivity index (χ4v) is 3.51. The predicted octanol–water partition coefficient (Wildman–Crippen LogP) is 2.76. The second-order valence-electron chi connectivity index (χ2n) is 6.56. The molecule has 1 aromatic carbocycles. The number of hydrogen-bond donors (Lipinski definition) is 1. The van der Waals surface area contributed by atoms with Crippen LogP contribution in [-0.4, -0.2) is 45.3 Å². The van der Waals surface area contributed by atoms with E-state index in [9.17, 15) is 0 Å². The van der Waals surface area contributed by atoms with Crippen molar-refractivity contribution in [2.45, 2.75) is 32.2 Å². The smallest absolute Gasteiger partial charge is 0.127 e. The minimum atomic E-state index is 0.403. The second-order valence-corrected chi connectivity index (χ2v) is 6.56. The van der Waals surface area contributed by atoms with Gasteiger partial charge in [0.25, 0.3) is 0 Å². The van der Waals surface area contributed by atoms with Crippen LogP contribution in [0.1, 0.15) is 36.4 Å². The average Bonchev–Trinajstić information content (AvgIpc) is 3.37. The number of ether oxygens (including phenoxy) is 2. The van der Waals surface area contributed by atoms with E-state index in [2.05, 4.69) is 29.3 Å². The summed E-state index contributed by atoms with van der Waals surface area (Å²) in [5.74, 6) is 2.82. The van der Waals surface area contributed by atoms with Gasteiger partial charge in [-0.25, -0.2) is 0 Å². The zero-order valence-electron chi connectivity index (χ0n) is 14.0. The fraction of sp³-hybridized carbons (Fsp3) is 0.667. The average molecular weight is 304 g/mol. The molecule has 0 bridgehead atoms. The molecule has 1 heterocycles. The van der Waals surface area contributed by atoms with Gasteiger partial charge in [0.1, 0.15) is 11.5 Å². The van der Waals surface area contributed by atoms with Crippen LogP contribution in [0.3, 0.4) is 0 Å². The van der Waals surface area contributed by atoms with Crippen molar-refractivity contribution in [3.05, 3.63) is 23.3 Å². The van der Waals surface area contributed by atoms with Crippen molar-refractivity contribution in [1.82, 2.24) is 10.2 Å². The number of methoxy groups -OCH3 is 2. The van der Waals surface area contributed by atoms with Crippen LogP contribution in [-0.2, 0) is 0 Å². The lowest BCUT2D eigenvalue weighted by Crippen LogP contribution is -2.45. The van der Waals surface area contributed by atoms with Crippen molar-refractivity contribution in [1.29, 1.82) is 0 Å². The molecule has 1 saturated carbocycles. The number of piperazine rings is 1. The van der Waals surface area contributed by atoms with E-state index in [0.717, 1.165) is 43.6 Å². The third-order valence-corrected chi connectivity index (χ3v) is 4.87. The van der Waals surface area contributed by atoms with Gasteiger partial charge >= 0.3 is 0 Å². The highest BCUT2D eigenvalue weighted by Gasteiger charge is 2.33. The van der Waals surface area contributed by atoms with Crippen LogP contribution < -0.4 is 14.8 Å². The molecule has 0 spiro atoms. The molecule has 2 fully saturated rings. The molecule has 1 aromatic rings. The number of aryl methyl sites for hydroxylation is 1. The van der Waals surface area contributed by atoms with Crippen LogP contribution >= 0.6 is 0 Å². The SMILES string of the molecule is COc1cc(C)cc(OC)c1[C@H](CC1CC1)N1CCNCC1. The Labute approximate surface area is 133 Å². The summed E-state index contributed by atoms with van der Waals surface area (Å²) in [4.78, 5) is 2.60. The van der Waals surface area contributed by atoms with Crippen molar-refractivity contribution in [2.24, 2.45) is 5.92 Å². The van der Waals surface area contributed by atoms with E-state index in [1.807, 2.05) is 0 Å². The number of nitrogens with zero attached hydrogens (tertiary/aromatic N) is 1. The second kappa shape index (κ2) is 6.88. The van der Waals surface area contributed by atoms with E-state index in [4.69, 9.17) is 9.47 Å². The first-order valence-corrected chi connectivity index (χ1v) is 8.40. The lowest BCUT2D eigenvalue weighted by atomic mass is 9.95. The van der Waals surface area contributed by atoms with Gasteiger partial charge in [0.2, 0.25) is 0 Å². The maximum absolute atomic E-state index is 5.72. The Morgan fingerprint density at radius 1 is 1.14 bits per heavy atom. The van der Waals surface area contributed by atoms with Gasteiger partial charge < -0.3 is 14.8 Å². The number of nitrogens with one attached hydrogen (secondary N) is 1. The molecule has 3 rings (SSSR count). The van der Waals surface area contributed by atoms with Crippen molar-refractivity contribution in [3.8, 4) is 11.5 Å². The lowest BCUT2D eigenvalue weighted by Gasteiger charge is -2.36. The third kappa shape index (κ3) is 3.39. The summed E-state index contributed by atoms with van der Waals surface area (Å²) in [7, 11) is 3.54. The predicted molar refractivity (Wildman–Crippen MR) is 88.8 cm³/mol. The molecule has 1 aliphatic carbocycles. The van der Waals surface area contributed by atoms with Gasteiger partial charge in [-0.2, -0.15) is 0 Å². The first-order chi connectivity index (χ1) is 10.7. The van der Waals surface area contributed by atoms with Crippen molar-refractivity contribution < 1.29 is 9.47 Å². The van der Waals surface area contributed by atoms with E-state index in [-0.39, 0.29) is 0 Å².